The molecule has 0 aliphatic heterocycles. The van der Waals surface area contributed by atoms with Gasteiger partial charge in [-0.25, -0.2) is 5.84 Å². The number of hydrogen-bond donors (Lipinski definition) is 2. The van der Waals surface area contributed by atoms with Crippen LogP contribution in [0.4, 0.5) is 0 Å². The Bertz CT molecular complexity index is 179. The second kappa shape index (κ2) is 7.64. The third kappa shape index (κ3) is 6.73. The lowest BCUT2D eigenvalue weighted by atomic mass is 10.2. The van der Waals surface area contributed by atoms with Crippen LogP contribution >= 0.6 is 11.8 Å². The minimum Gasteiger partial charge on any atom is -0.468 e. The topological polar surface area (TPSA) is 81.4 Å². The molecule has 0 fully saturated rings. The molecule has 0 saturated heterocycles. The first-order valence-electron chi connectivity index (χ1n) is 4.28. The van der Waals surface area contributed by atoms with E-state index in [9.17, 15) is 9.59 Å². The van der Waals surface area contributed by atoms with Crippen LogP contribution in [0.3, 0.4) is 0 Å². The van der Waals surface area contributed by atoms with Crippen molar-refractivity contribution in [2.45, 2.75) is 25.0 Å². The number of hydrogen-bond acceptors (Lipinski definition) is 5. The lowest BCUT2D eigenvalue weighted by Gasteiger charge is -2.08. The van der Waals surface area contributed by atoms with E-state index in [-0.39, 0.29) is 17.1 Å². The maximum atomic E-state index is 10.8. The summed E-state index contributed by atoms with van der Waals surface area (Å²) < 4.78 is 4.49. The summed E-state index contributed by atoms with van der Waals surface area (Å²) in [7, 11) is 1.36. The van der Waals surface area contributed by atoms with Crippen LogP contribution in [0.15, 0.2) is 0 Å². The molecular weight excluding hydrogens is 204 g/mol. The van der Waals surface area contributed by atoms with Crippen molar-refractivity contribution in [3.05, 3.63) is 0 Å². The van der Waals surface area contributed by atoms with Gasteiger partial charge in [-0.2, -0.15) is 0 Å². The molecule has 0 aliphatic rings. The maximum Gasteiger partial charge on any atom is 0.315 e. The van der Waals surface area contributed by atoms with E-state index in [1.807, 2.05) is 6.92 Å². The fraction of sp³-hybridized carbons (Fsp3) is 0.750. The van der Waals surface area contributed by atoms with Gasteiger partial charge in [0.2, 0.25) is 5.91 Å². The van der Waals surface area contributed by atoms with E-state index in [1.165, 1.54) is 18.9 Å². The number of amides is 1. The number of nitrogens with two attached hydrogens (primary N) is 1. The Morgan fingerprint density at radius 1 is 1.57 bits per heavy atom. The van der Waals surface area contributed by atoms with Crippen molar-refractivity contribution in [1.82, 2.24) is 5.43 Å². The van der Waals surface area contributed by atoms with Gasteiger partial charge in [-0.1, -0.05) is 6.92 Å². The standard InChI is InChI=1S/C8H16N2O3S/c1-6(3-4-7(11)10-9)14-5-8(12)13-2/h6H,3-5,9H2,1-2H3,(H,10,11). The van der Waals surface area contributed by atoms with Crippen molar-refractivity contribution in [3.63, 3.8) is 0 Å². The van der Waals surface area contributed by atoms with Crippen molar-refractivity contribution >= 4 is 23.6 Å². The van der Waals surface area contributed by atoms with Crippen molar-refractivity contribution in [2.24, 2.45) is 5.84 Å². The van der Waals surface area contributed by atoms with Gasteiger partial charge in [-0.15, -0.1) is 11.8 Å². The number of nitrogens with one attached hydrogen (secondary N) is 1. The van der Waals surface area contributed by atoms with Crippen molar-refractivity contribution < 1.29 is 14.3 Å². The quantitative estimate of drug-likeness (QED) is 0.286. The van der Waals surface area contributed by atoms with Crippen LogP contribution in [0.25, 0.3) is 0 Å². The predicted octanol–water partition coefficient (Wildman–Crippen LogP) is 0.0512. The minimum absolute atomic E-state index is 0.185. The van der Waals surface area contributed by atoms with Crippen LogP contribution in [-0.2, 0) is 14.3 Å². The summed E-state index contributed by atoms with van der Waals surface area (Å²) in [6, 6.07) is 0. The van der Waals surface area contributed by atoms with Crippen LogP contribution in [0.2, 0.25) is 0 Å². The molecule has 0 rings (SSSR count). The summed E-state index contributed by atoms with van der Waals surface area (Å²) in [4.78, 5) is 21.5. The third-order valence-electron chi connectivity index (χ3n) is 1.65. The molecular formula is C8H16N2O3S. The molecule has 14 heavy (non-hydrogen) atoms. The van der Waals surface area contributed by atoms with Gasteiger partial charge in [0.1, 0.15) is 0 Å². The molecule has 0 aromatic rings. The SMILES string of the molecule is COC(=O)CSC(C)CCC(=O)NN. The summed E-state index contributed by atoms with van der Waals surface area (Å²) in [5.74, 6) is 4.81. The lowest BCUT2D eigenvalue weighted by Crippen LogP contribution is -2.30. The van der Waals surface area contributed by atoms with E-state index >= 15 is 0 Å². The van der Waals surface area contributed by atoms with Gasteiger partial charge in [0, 0.05) is 11.7 Å². The molecule has 0 saturated carbocycles. The van der Waals surface area contributed by atoms with Gasteiger partial charge in [0.25, 0.3) is 0 Å². The fourth-order valence-electron chi connectivity index (χ4n) is 0.759. The van der Waals surface area contributed by atoms with Crippen LogP contribution in [0.1, 0.15) is 19.8 Å². The zero-order chi connectivity index (χ0) is 11.0. The Labute approximate surface area is 87.7 Å². The Hall–Kier alpha value is -0.750. The van der Waals surface area contributed by atoms with Gasteiger partial charge in [0.05, 0.1) is 12.9 Å². The van der Waals surface area contributed by atoms with Gasteiger partial charge >= 0.3 is 5.97 Å². The van der Waals surface area contributed by atoms with E-state index < -0.39 is 0 Å². The highest BCUT2D eigenvalue weighted by molar-refractivity contribution is 8.00. The first-order valence-corrected chi connectivity index (χ1v) is 5.33. The molecule has 0 bridgehead atoms. The van der Waals surface area contributed by atoms with Crippen molar-refractivity contribution in [2.75, 3.05) is 12.9 Å². The summed E-state index contributed by atoms with van der Waals surface area (Å²) in [6.45, 7) is 1.96. The highest BCUT2D eigenvalue weighted by atomic mass is 32.2. The molecule has 1 unspecified atom stereocenters. The van der Waals surface area contributed by atoms with Crippen LogP contribution in [0.5, 0.6) is 0 Å². The lowest BCUT2D eigenvalue weighted by molar-refractivity contribution is -0.137. The van der Waals surface area contributed by atoms with E-state index in [1.54, 1.807) is 0 Å². The number of methoxy groups -OCH3 is 1. The van der Waals surface area contributed by atoms with Crippen molar-refractivity contribution in [3.8, 4) is 0 Å². The summed E-state index contributed by atoms with van der Waals surface area (Å²) in [5.41, 5.74) is 2.06. The molecule has 0 aromatic heterocycles. The van der Waals surface area contributed by atoms with E-state index in [0.717, 1.165) is 0 Å². The van der Waals surface area contributed by atoms with E-state index in [2.05, 4.69) is 10.2 Å². The predicted molar refractivity (Wildman–Crippen MR) is 55.5 cm³/mol. The van der Waals surface area contributed by atoms with Crippen LogP contribution < -0.4 is 11.3 Å². The molecule has 0 spiro atoms. The first-order chi connectivity index (χ1) is 6.60. The Balaban J connectivity index is 3.50. The van der Waals surface area contributed by atoms with Gasteiger partial charge in [-0.05, 0) is 6.42 Å². The number of carbonyl (C=O) groups is 2. The number of rotatable bonds is 6. The summed E-state index contributed by atoms with van der Waals surface area (Å²) in [6.07, 6.45) is 1.08. The summed E-state index contributed by atoms with van der Waals surface area (Å²) >= 11 is 1.47. The third-order valence-corrected chi connectivity index (χ3v) is 2.86. The maximum absolute atomic E-state index is 10.8. The van der Waals surface area contributed by atoms with Crippen LogP contribution in [-0.4, -0.2) is 30.0 Å². The molecule has 1 atom stereocenters. The highest BCUT2D eigenvalue weighted by Gasteiger charge is 2.08. The van der Waals surface area contributed by atoms with Crippen molar-refractivity contribution in [1.29, 1.82) is 0 Å². The Morgan fingerprint density at radius 3 is 2.71 bits per heavy atom. The van der Waals surface area contributed by atoms with Gasteiger partial charge in [0.15, 0.2) is 0 Å². The first kappa shape index (κ1) is 13.2. The molecule has 1 amide bonds. The highest BCUT2D eigenvalue weighted by Crippen LogP contribution is 2.15. The average molecular weight is 220 g/mol. The molecule has 0 heterocycles. The Morgan fingerprint density at radius 2 is 2.21 bits per heavy atom. The number of ether oxygens (including phenoxy) is 1. The Kier molecular flexibility index (Phi) is 7.23. The number of hydrazine groups is 1. The zero-order valence-electron chi connectivity index (χ0n) is 8.41. The molecule has 0 aliphatic carbocycles. The average Bonchev–Trinajstić information content (AvgIpc) is 2.22. The van der Waals surface area contributed by atoms with E-state index in [0.29, 0.717) is 18.6 Å². The van der Waals surface area contributed by atoms with E-state index in [4.69, 9.17) is 5.84 Å². The normalized spacial score (nSPS) is 11.9. The van der Waals surface area contributed by atoms with Gasteiger partial charge < -0.3 is 4.74 Å². The summed E-state index contributed by atoms with van der Waals surface area (Å²) in [5, 5.41) is 0.242. The second-order valence-corrected chi connectivity index (χ2v) is 4.23. The van der Waals surface area contributed by atoms with Gasteiger partial charge in [-0.3, -0.25) is 15.0 Å². The molecule has 0 radical (unpaired) electrons. The minimum atomic E-state index is -0.245. The largest absolute Gasteiger partial charge is 0.468 e. The molecule has 5 nitrogen and oxygen atoms in total. The van der Waals surface area contributed by atoms with Crippen LogP contribution in [0, 0.1) is 0 Å². The molecule has 82 valence electrons. The number of thioether (sulfide) groups is 1. The number of carbonyl (C=O) groups excluding carboxylic acids is 2. The number of esters is 1. The zero-order valence-corrected chi connectivity index (χ0v) is 9.23. The fourth-order valence-corrected chi connectivity index (χ4v) is 1.58. The molecule has 0 aromatic carbocycles. The molecule has 6 heteroatoms. The second-order valence-electron chi connectivity index (χ2n) is 2.80. The molecule has 3 N–H and O–H groups in total. The smallest absolute Gasteiger partial charge is 0.315 e. The monoisotopic (exact) mass is 220 g/mol.